The van der Waals surface area contributed by atoms with E-state index < -0.39 is 0 Å². The summed E-state index contributed by atoms with van der Waals surface area (Å²) in [5.41, 5.74) is 4.33. The van der Waals surface area contributed by atoms with E-state index >= 15 is 0 Å². The van der Waals surface area contributed by atoms with Gasteiger partial charge in [0.2, 0.25) is 0 Å². The Morgan fingerprint density at radius 2 is 1.10 bits per heavy atom. The second kappa shape index (κ2) is 15.6. The summed E-state index contributed by atoms with van der Waals surface area (Å²) in [6, 6.07) is 39.0. The monoisotopic (exact) mass is 587 g/mol. The average Bonchev–Trinajstić information content (AvgIpc) is 3.00. The van der Waals surface area contributed by atoms with Gasteiger partial charge in [-0.3, -0.25) is 4.79 Å². The Morgan fingerprint density at radius 1 is 0.643 bits per heavy atom. The largest absolute Gasteiger partial charge is 1.00 e. The second-order valence-corrected chi connectivity index (χ2v) is 11.1. The fourth-order valence-electron chi connectivity index (χ4n) is 4.31. The maximum Gasteiger partial charge on any atom is 1.00 e. The fourth-order valence-corrected chi connectivity index (χ4v) is 5.91. The summed E-state index contributed by atoms with van der Waals surface area (Å²) in [6.07, 6.45) is 0. The van der Waals surface area contributed by atoms with Crippen LogP contribution in [-0.2, 0) is 19.8 Å². The molecule has 0 spiro atoms. The minimum absolute atomic E-state index is 0. The van der Waals surface area contributed by atoms with Crippen LogP contribution >= 0.6 is 20.2 Å². The zero-order chi connectivity index (χ0) is 28.4. The smallest absolute Gasteiger partial charge is 0.489 e. The molecule has 1 atom stereocenters. The molecule has 0 radical (unpaired) electrons. The molecule has 0 amide bonds. The number of hydrogen-bond acceptors (Lipinski definition) is 4. The third-order valence-corrected chi connectivity index (χ3v) is 7.98. The van der Waals surface area contributed by atoms with E-state index in [9.17, 15) is 4.79 Å². The summed E-state index contributed by atoms with van der Waals surface area (Å²) in [6.45, 7) is 2.94. The number of carbonyl (C=O) groups excluding carboxylic acids is 1. The zero-order valence-electron chi connectivity index (χ0n) is 23.7. The summed E-state index contributed by atoms with van der Waals surface area (Å²) >= 11 is 6.48. The first kappa shape index (κ1) is 31.4. The van der Waals surface area contributed by atoms with Crippen molar-refractivity contribution in [2.45, 2.75) is 26.7 Å². The molecule has 0 fully saturated rings. The van der Waals surface area contributed by atoms with Gasteiger partial charge in [-0.05, 0) is 43.8 Å². The van der Waals surface area contributed by atoms with E-state index in [0.29, 0.717) is 53.0 Å². The minimum Gasteiger partial charge on any atom is -0.489 e. The van der Waals surface area contributed by atoms with E-state index in [4.69, 9.17) is 25.8 Å². The van der Waals surface area contributed by atoms with Gasteiger partial charge in [-0.2, -0.15) is 0 Å². The maximum atomic E-state index is 13.7. The maximum absolute atomic E-state index is 13.7. The van der Waals surface area contributed by atoms with Gasteiger partial charge in [0, 0.05) is 17.7 Å². The van der Waals surface area contributed by atoms with E-state index in [1.54, 1.807) is 6.07 Å². The van der Waals surface area contributed by atoms with Crippen molar-refractivity contribution in [3.63, 3.8) is 0 Å². The van der Waals surface area contributed by atoms with Crippen LogP contribution in [0.25, 0.3) is 0 Å². The molecule has 0 aliphatic rings. The quantitative estimate of drug-likeness (QED) is 0.142. The van der Waals surface area contributed by atoms with Gasteiger partial charge >= 0.3 is 18.9 Å². The van der Waals surface area contributed by atoms with Crippen molar-refractivity contribution in [2.24, 2.45) is 0 Å². The van der Waals surface area contributed by atoms with Crippen molar-refractivity contribution < 1.29 is 37.9 Å². The van der Waals surface area contributed by atoms with Crippen LogP contribution < -0.4 is 38.4 Å². The topological polar surface area (TPSA) is 44.8 Å². The summed E-state index contributed by atoms with van der Waals surface area (Å²) < 4.78 is 18.9. The van der Waals surface area contributed by atoms with Crippen LogP contribution in [0.4, 0.5) is 0 Å². The Kier molecular flexibility index (Phi) is 11.7. The number of aryl methyl sites for hydroxylation is 1. The van der Waals surface area contributed by atoms with Crippen molar-refractivity contribution >= 4 is 31.0 Å². The van der Waals surface area contributed by atoms with Crippen molar-refractivity contribution in [1.82, 2.24) is 0 Å². The van der Waals surface area contributed by atoms with Crippen LogP contribution in [0.15, 0.2) is 121 Å². The van der Waals surface area contributed by atoms with E-state index in [1.165, 1.54) is 0 Å². The molecule has 5 rings (SSSR count). The summed E-state index contributed by atoms with van der Waals surface area (Å²) in [7, 11) is -0.276. The molecule has 5 aromatic rings. The Labute approximate surface area is 266 Å². The van der Waals surface area contributed by atoms with Crippen molar-refractivity contribution in [2.75, 3.05) is 0 Å². The minimum atomic E-state index is -0.276. The van der Waals surface area contributed by atoms with Gasteiger partial charge in [0.15, 0.2) is 5.52 Å². The first-order valence-corrected chi connectivity index (χ1v) is 14.7. The molecule has 0 heterocycles. The van der Waals surface area contributed by atoms with Crippen LogP contribution in [0.5, 0.6) is 17.2 Å². The first-order chi connectivity index (χ1) is 20.1. The molecule has 0 aliphatic carbocycles. The second-order valence-electron chi connectivity index (χ2n) is 9.50. The molecule has 0 N–H and O–H groups in total. The van der Waals surface area contributed by atoms with Crippen LogP contribution in [0.3, 0.4) is 0 Å². The van der Waals surface area contributed by atoms with E-state index in [0.717, 1.165) is 22.3 Å². The van der Waals surface area contributed by atoms with Crippen LogP contribution in [-0.4, -0.2) is 5.52 Å². The zero-order valence-corrected chi connectivity index (χ0v) is 25.4. The Morgan fingerprint density at radius 3 is 1.55 bits per heavy atom. The third-order valence-electron chi connectivity index (χ3n) is 6.45. The van der Waals surface area contributed by atoms with Crippen molar-refractivity contribution in [3.8, 4) is 17.2 Å². The SMILES string of the molecule is Cc1cccc(Cl)c1C(=O)Pc1c(OCc2ccccc2)cc(OCc2ccccc2)cc1OCc1ccccc1.[Li+]. The molecule has 0 saturated carbocycles. The van der Waals surface area contributed by atoms with Crippen molar-refractivity contribution in [1.29, 1.82) is 0 Å². The van der Waals surface area contributed by atoms with Crippen LogP contribution in [0, 0.1) is 6.92 Å². The summed E-state index contributed by atoms with van der Waals surface area (Å²) in [4.78, 5) is 13.7. The van der Waals surface area contributed by atoms with E-state index in [1.807, 2.05) is 122 Å². The molecular weight excluding hydrogens is 558 g/mol. The number of ether oxygens (including phenoxy) is 3. The predicted octanol–water partition coefficient (Wildman–Crippen LogP) is 5.53. The molecule has 0 aliphatic heterocycles. The van der Waals surface area contributed by atoms with Crippen LogP contribution in [0.2, 0.25) is 5.02 Å². The average molecular weight is 588 g/mol. The predicted molar refractivity (Wildman–Crippen MR) is 167 cm³/mol. The molecule has 0 aromatic heterocycles. The number of benzene rings is 5. The molecule has 5 aromatic carbocycles. The molecule has 4 nitrogen and oxygen atoms in total. The molecule has 7 heteroatoms. The van der Waals surface area contributed by atoms with Gasteiger partial charge in [0.05, 0.1) is 10.3 Å². The van der Waals surface area contributed by atoms with Gasteiger partial charge in [-0.25, -0.2) is 0 Å². The van der Waals surface area contributed by atoms with Gasteiger partial charge in [-0.1, -0.05) is 115 Å². The fraction of sp³-hybridized carbons (Fsp3) is 0.114. The van der Waals surface area contributed by atoms with Gasteiger partial charge in [0.1, 0.15) is 37.1 Å². The molecular formula is C35H30ClLiO4P+. The number of rotatable bonds is 12. The Hall–Kier alpha value is -3.51. The summed E-state index contributed by atoms with van der Waals surface area (Å²) in [5, 5.41) is 1.11. The molecule has 1 unspecified atom stereocenters. The van der Waals surface area contributed by atoms with E-state index in [2.05, 4.69) is 0 Å². The number of carbonyl (C=O) groups is 1. The van der Waals surface area contributed by atoms with Gasteiger partial charge < -0.3 is 14.2 Å². The Balaban J connectivity index is 0.00000405. The van der Waals surface area contributed by atoms with Crippen molar-refractivity contribution in [3.05, 3.63) is 154 Å². The standard InChI is InChI=1S/C35H30ClO4P.Li/c1-25-12-11-19-30(36)33(25)35(37)41-34-31(39-23-27-15-7-3-8-16-27)20-29(38-22-26-13-5-2-6-14-26)21-32(34)40-24-28-17-9-4-10-18-28;/h2-21,41H,22-24H2,1H3;/q;+1. The Bertz CT molecular complexity index is 1510. The molecule has 0 saturated heterocycles. The number of hydrogen-bond donors (Lipinski definition) is 0. The third kappa shape index (κ3) is 8.51. The molecule has 42 heavy (non-hydrogen) atoms. The first-order valence-electron chi connectivity index (χ1n) is 13.3. The number of halogens is 1. The molecule has 0 bridgehead atoms. The van der Waals surface area contributed by atoms with Gasteiger partial charge in [0.25, 0.3) is 0 Å². The molecule has 206 valence electrons. The normalized spacial score (nSPS) is 10.7. The van der Waals surface area contributed by atoms with Gasteiger partial charge in [-0.15, -0.1) is 0 Å². The van der Waals surface area contributed by atoms with E-state index in [-0.39, 0.29) is 33.0 Å². The van der Waals surface area contributed by atoms with Crippen LogP contribution in [0.1, 0.15) is 32.6 Å². The summed E-state index contributed by atoms with van der Waals surface area (Å²) in [5.74, 6) is 1.67.